The van der Waals surface area contributed by atoms with Crippen molar-refractivity contribution < 1.29 is 42.1 Å². The second kappa shape index (κ2) is 9.66. The molecule has 0 fully saturated rings. The number of pyridine rings is 1. The number of aromatic nitrogens is 1. The summed E-state index contributed by atoms with van der Waals surface area (Å²) in [5.41, 5.74) is -0.998. The smallest absolute Gasteiger partial charge is 0.417 e. The van der Waals surface area contributed by atoms with Gasteiger partial charge in [-0.25, -0.2) is 9.78 Å². The van der Waals surface area contributed by atoms with Crippen LogP contribution in [0.25, 0.3) is 0 Å². The number of ether oxygens (including phenoxy) is 3. The van der Waals surface area contributed by atoms with E-state index in [0.29, 0.717) is 12.3 Å². The molecule has 2 unspecified atom stereocenters. The second-order valence-corrected chi connectivity index (χ2v) is 6.62. The first-order chi connectivity index (χ1) is 14.0. The molecular formula is C19H17ClF3NO6. The molecular weight excluding hydrogens is 431 g/mol. The van der Waals surface area contributed by atoms with Crippen molar-refractivity contribution in [1.82, 2.24) is 4.98 Å². The molecule has 0 bridgehead atoms. The van der Waals surface area contributed by atoms with Gasteiger partial charge in [-0.2, -0.15) is 13.2 Å². The van der Waals surface area contributed by atoms with E-state index < -0.39 is 35.7 Å². The highest BCUT2D eigenvalue weighted by molar-refractivity contribution is 6.31. The number of hydrogen-bond donors (Lipinski definition) is 1. The van der Waals surface area contributed by atoms with Crippen LogP contribution in [-0.2, 0) is 20.5 Å². The molecule has 0 amide bonds. The Balaban J connectivity index is 1.95. The Bertz CT molecular complexity index is 904. The van der Waals surface area contributed by atoms with Crippen molar-refractivity contribution in [3.8, 4) is 17.4 Å². The molecule has 11 heteroatoms. The van der Waals surface area contributed by atoms with E-state index in [1.165, 1.54) is 38.1 Å². The number of rotatable bonds is 8. The Hall–Kier alpha value is -3.01. The van der Waals surface area contributed by atoms with Crippen LogP contribution in [0.5, 0.6) is 17.4 Å². The third-order valence-corrected chi connectivity index (χ3v) is 3.99. The highest BCUT2D eigenvalue weighted by Crippen LogP contribution is 2.34. The summed E-state index contributed by atoms with van der Waals surface area (Å²) in [6.07, 6.45) is -4.96. The van der Waals surface area contributed by atoms with E-state index in [1.807, 2.05) is 0 Å². The number of carboxylic acids is 1. The maximum atomic E-state index is 12.6. The molecule has 1 aromatic carbocycles. The number of carboxylic acid groups (broad SMARTS) is 1. The van der Waals surface area contributed by atoms with Crippen molar-refractivity contribution in [3.63, 3.8) is 0 Å². The van der Waals surface area contributed by atoms with Crippen LogP contribution in [0.15, 0.2) is 36.5 Å². The molecule has 1 N–H and O–H groups in total. The predicted octanol–water partition coefficient (Wildman–Crippen LogP) is 4.58. The Labute approximate surface area is 174 Å². The molecule has 162 valence electrons. The zero-order valence-corrected chi connectivity index (χ0v) is 16.5. The van der Waals surface area contributed by atoms with Gasteiger partial charge in [-0.15, -0.1) is 0 Å². The van der Waals surface area contributed by atoms with Crippen LogP contribution in [0.2, 0.25) is 5.02 Å². The summed E-state index contributed by atoms with van der Waals surface area (Å²) in [4.78, 5) is 26.1. The largest absolute Gasteiger partial charge is 0.481 e. The third kappa shape index (κ3) is 6.51. The van der Waals surface area contributed by atoms with Crippen molar-refractivity contribution >= 4 is 23.5 Å². The van der Waals surface area contributed by atoms with E-state index >= 15 is 0 Å². The van der Waals surface area contributed by atoms with Gasteiger partial charge in [-0.3, -0.25) is 4.79 Å². The lowest BCUT2D eigenvalue weighted by Gasteiger charge is -2.15. The summed E-state index contributed by atoms with van der Waals surface area (Å²) in [5, 5.41) is 8.46. The van der Waals surface area contributed by atoms with Gasteiger partial charge in [0, 0.05) is 6.20 Å². The molecule has 1 heterocycles. The number of carbonyl (C=O) groups is 2. The topological polar surface area (TPSA) is 95.0 Å². The third-order valence-electron chi connectivity index (χ3n) is 3.71. The van der Waals surface area contributed by atoms with Gasteiger partial charge in [0.2, 0.25) is 5.88 Å². The first-order valence-electron chi connectivity index (χ1n) is 8.54. The van der Waals surface area contributed by atoms with E-state index in [2.05, 4.69) is 4.98 Å². The fraction of sp³-hybridized carbons (Fsp3) is 0.316. The van der Waals surface area contributed by atoms with E-state index in [-0.39, 0.29) is 29.0 Å². The minimum atomic E-state index is -4.57. The lowest BCUT2D eigenvalue weighted by molar-refractivity contribution is -0.155. The molecule has 0 aliphatic heterocycles. The number of nitrogens with zero attached hydrogens (tertiary/aromatic N) is 1. The lowest BCUT2D eigenvalue weighted by atomic mass is 10.2. The standard InChI is InChI=1S/C19H17ClF3NO6/c1-10(17(25)26)9-28-18(27)11(2)29-13-3-5-14(6-4-13)30-16-15(20)7-12(8-24-16)19(21,22)23/h3-8,10-11H,9H2,1-2H3,(H,25,26). The SMILES string of the molecule is CC(COC(=O)C(C)Oc1ccc(Oc2ncc(C(F)(F)F)cc2Cl)cc1)C(=O)O. The number of esters is 1. The molecule has 0 radical (unpaired) electrons. The second-order valence-electron chi connectivity index (χ2n) is 6.21. The molecule has 0 saturated heterocycles. The molecule has 7 nitrogen and oxygen atoms in total. The maximum absolute atomic E-state index is 12.6. The summed E-state index contributed by atoms with van der Waals surface area (Å²) in [6, 6.07) is 6.50. The summed E-state index contributed by atoms with van der Waals surface area (Å²) in [6.45, 7) is 2.55. The monoisotopic (exact) mass is 447 g/mol. The highest BCUT2D eigenvalue weighted by Gasteiger charge is 2.31. The summed E-state index contributed by atoms with van der Waals surface area (Å²) in [7, 11) is 0. The molecule has 2 atom stereocenters. The molecule has 2 rings (SSSR count). The van der Waals surface area contributed by atoms with Crippen LogP contribution >= 0.6 is 11.6 Å². The highest BCUT2D eigenvalue weighted by atomic mass is 35.5. The summed E-state index contributed by atoms with van der Waals surface area (Å²) in [5.74, 6) is -2.36. The molecule has 0 saturated carbocycles. The van der Waals surface area contributed by atoms with Gasteiger partial charge in [-0.05, 0) is 44.2 Å². The van der Waals surface area contributed by atoms with Crippen LogP contribution in [0.1, 0.15) is 19.4 Å². The lowest BCUT2D eigenvalue weighted by Crippen LogP contribution is -2.29. The van der Waals surface area contributed by atoms with Crippen LogP contribution in [-0.4, -0.2) is 34.7 Å². The van der Waals surface area contributed by atoms with Crippen molar-refractivity contribution in [2.45, 2.75) is 26.1 Å². The fourth-order valence-electron chi connectivity index (χ4n) is 2.00. The van der Waals surface area contributed by atoms with Gasteiger partial charge in [-0.1, -0.05) is 11.6 Å². The van der Waals surface area contributed by atoms with Gasteiger partial charge in [0.05, 0.1) is 11.5 Å². The number of alkyl halides is 3. The number of aliphatic carboxylic acids is 1. The van der Waals surface area contributed by atoms with Crippen molar-refractivity contribution in [1.29, 1.82) is 0 Å². The van der Waals surface area contributed by atoms with Gasteiger partial charge >= 0.3 is 18.1 Å². The van der Waals surface area contributed by atoms with Gasteiger partial charge in [0.1, 0.15) is 23.1 Å². The van der Waals surface area contributed by atoms with Crippen LogP contribution < -0.4 is 9.47 Å². The Morgan fingerprint density at radius 2 is 1.77 bits per heavy atom. The zero-order chi connectivity index (χ0) is 22.5. The quantitative estimate of drug-likeness (QED) is 0.592. The first kappa shape index (κ1) is 23.3. The number of benzene rings is 1. The van der Waals surface area contributed by atoms with E-state index in [9.17, 15) is 22.8 Å². The van der Waals surface area contributed by atoms with E-state index in [4.69, 9.17) is 30.9 Å². The number of carbonyl (C=O) groups excluding carboxylic acids is 1. The minimum absolute atomic E-state index is 0.206. The minimum Gasteiger partial charge on any atom is -0.481 e. The van der Waals surface area contributed by atoms with E-state index in [0.717, 1.165) is 0 Å². The normalized spacial score (nSPS) is 13.3. The first-order valence-corrected chi connectivity index (χ1v) is 8.92. The van der Waals surface area contributed by atoms with Gasteiger partial charge in [0.15, 0.2) is 6.10 Å². The predicted molar refractivity (Wildman–Crippen MR) is 98.6 cm³/mol. The molecule has 2 aromatic rings. The molecule has 1 aromatic heterocycles. The molecule has 0 aliphatic rings. The zero-order valence-electron chi connectivity index (χ0n) is 15.8. The van der Waals surface area contributed by atoms with Gasteiger partial charge in [0.25, 0.3) is 0 Å². The number of halogens is 4. The van der Waals surface area contributed by atoms with Crippen LogP contribution in [0, 0.1) is 5.92 Å². The fourth-order valence-corrected chi connectivity index (χ4v) is 2.21. The number of hydrogen-bond acceptors (Lipinski definition) is 6. The van der Waals surface area contributed by atoms with Crippen molar-refractivity contribution in [2.24, 2.45) is 5.92 Å². The van der Waals surface area contributed by atoms with Crippen molar-refractivity contribution in [3.05, 3.63) is 47.1 Å². The summed E-state index contributed by atoms with van der Waals surface area (Å²) < 4.78 is 53.6. The molecule has 0 aliphatic carbocycles. The Kier molecular flexibility index (Phi) is 7.49. The van der Waals surface area contributed by atoms with Gasteiger partial charge < -0.3 is 19.3 Å². The van der Waals surface area contributed by atoms with Crippen LogP contribution in [0.4, 0.5) is 13.2 Å². The summed E-state index contributed by atoms with van der Waals surface area (Å²) >= 11 is 5.79. The molecule has 30 heavy (non-hydrogen) atoms. The van der Waals surface area contributed by atoms with Crippen molar-refractivity contribution in [2.75, 3.05) is 6.61 Å². The average Bonchev–Trinajstić information content (AvgIpc) is 2.67. The maximum Gasteiger partial charge on any atom is 0.417 e. The van der Waals surface area contributed by atoms with E-state index in [1.54, 1.807) is 0 Å². The average molecular weight is 448 g/mol. The molecule has 0 spiro atoms. The van der Waals surface area contributed by atoms with Crippen LogP contribution in [0.3, 0.4) is 0 Å². The Morgan fingerprint density at radius 1 is 1.17 bits per heavy atom. The Morgan fingerprint density at radius 3 is 2.30 bits per heavy atom.